The van der Waals surface area contributed by atoms with Gasteiger partial charge < -0.3 is 29.7 Å². The molecular formula is C23H34N4O4S. The van der Waals surface area contributed by atoms with Gasteiger partial charge in [-0.2, -0.15) is 5.26 Å². The number of carbonyl (C=O) groups excluding carboxylic acids is 1. The van der Waals surface area contributed by atoms with E-state index in [9.17, 15) is 4.79 Å². The standard InChI is InChI=1S/C23H34N4O4S/c1-29-19-8-21(30-2)20(22(9-19)31-3)12-25-11-16-4-6-17(7-5-16)26-13-23(28)27-15-32-14-18(27)10-24/h8-9,16-18,25-26H,4-7,11-15H2,1-3H3/t16?,17?,18-/m1/s1. The highest BCUT2D eigenvalue weighted by Crippen LogP contribution is 2.34. The van der Waals surface area contributed by atoms with Crippen molar-refractivity contribution in [2.24, 2.45) is 5.92 Å². The van der Waals surface area contributed by atoms with E-state index in [2.05, 4.69) is 16.7 Å². The zero-order valence-electron chi connectivity index (χ0n) is 19.2. The average Bonchev–Trinajstić information content (AvgIpc) is 3.32. The fourth-order valence-electron chi connectivity index (χ4n) is 4.35. The van der Waals surface area contributed by atoms with Gasteiger partial charge in [0.05, 0.1) is 45.4 Å². The molecule has 1 aliphatic carbocycles. The number of rotatable bonds is 10. The van der Waals surface area contributed by atoms with Crippen molar-refractivity contribution in [2.45, 2.75) is 44.3 Å². The zero-order chi connectivity index (χ0) is 22.9. The van der Waals surface area contributed by atoms with Crippen molar-refractivity contribution in [3.63, 3.8) is 0 Å². The van der Waals surface area contributed by atoms with Gasteiger partial charge in [-0.15, -0.1) is 11.8 Å². The third-order valence-electron chi connectivity index (χ3n) is 6.29. The highest BCUT2D eigenvalue weighted by atomic mass is 32.2. The number of hydrogen-bond donors (Lipinski definition) is 2. The van der Waals surface area contributed by atoms with Gasteiger partial charge in [0.15, 0.2) is 0 Å². The number of nitrogens with zero attached hydrogens (tertiary/aromatic N) is 2. The molecule has 1 aromatic carbocycles. The van der Waals surface area contributed by atoms with Crippen LogP contribution in [0.25, 0.3) is 0 Å². The first-order valence-electron chi connectivity index (χ1n) is 11.1. The number of benzene rings is 1. The molecule has 1 aromatic rings. The first-order chi connectivity index (χ1) is 15.6. The third-order valence-corrected chi connectivity index (χ3v) is 7.30. The lowest BCUT2D eigenvalue weighted by Gasteiger charge is -2.30. The van der Waals surface area contributed by atoms with Crippen LogP contribution in [0.3, 0.4) is 0 Å². The van der Waals surface area contributed by atoms with Crippen LogP contribution < -0.4 is 24.8 Å². The van der Waals surface area contributed by atoms with Crippen LogP contribution in [0.4, 0.5) is 0 Å². The Hall–Kier alpha value is -2.15. The summed E-state index contributed by atoms with van der Waals surface area (Å²) in [5.74, 6) is 4.20. The summed E-state index contributed by atoms with van der Waals surface area (Å²) in [5.41, 5.74) is 0.986. The van der Waals surface area contributed by atoms with Crippen molar-refractivity contribution in [3.05, 3.63) is 17.7 Å². The summed E-state index contributed by atoms with van der Waals surface area (Å²) in [6, 6.07) is 6.05. The Balaban J connectivity index is 1.40. The number of nitriles is 1. The molecule has 0 unspecified atom stereocenters. The molecular weight excluding hydrogens is 428 g/mol. The van der Waals surface area contributed by atoms with Crippen LogP contribution >= 0.6 is 11.8 Å². The van der Waals surface area contributed by atoms with Crippen LogP contribution in [-0.2, 0) is 11.3 Å². The maximum atomic E-state index is 12.4. The van der Waals surface area contributed by atoms with E-state index in [0.29, 0.717) is 42.4 Å². The van der Waals surface area contributed by atoms with Crippen LogP contribution in [0, 0.1) is 17.2 Å². The lowest BCUT2D eigenvalue weighted by molar-refractivity contribution is -0.130. The van der Waals surface area contributed by atoms with Gasteiger partial charge in [-0.05, 0) is 38.1 Å². The van der Waals surface area contributed by atoms with E-state index < -0.39 is 0 Å². The minimum absolute atomic E-state index is 0.0349. The van der Waals surface area contributed by atoms with Gasteiger partial charge in [-0.25, -0.2) is 0 Å². The van der Waals surface area contributed by atoms with Crippen LogP contribution in [0.2, 0.25) is 0 Å². The molecule has 8 nitrogen and oxygen atoms in total. The van der Waals surface area contributed by atoms with Gasteiger partial charge in [0.25, 0.3) is 0 Å². The van der Waals surface area contributed by atoms with Crippen LogP contribution in [0.5, 0.6) is 17.2 Å². The SMILES string of the molecule is COc1cc(OC)c(CNCC2CCC(NCC(=O)N3CSC[C@H]3C#N)CC2)c(OC)c1. The van der Waals surface area contributed by atoms with Gasteiger partial charge in [0.1, 0.15) is 23.3 Å². The number of ether oxygens (including phenoxy) is 3. The molecule has 0 radical (unpaired) electrons. The molecule has 2 fully saturated rings. The maximum Gasteiger partial charge on any atom is 0.238 e. The van der Waals surface area contributed by atoms with E-state index >= 15 is 0 Å². The topological polar surface area (TPSA) is 95.9 Å². The molecule has 1 aliphatic heterocycles. The molecule has 2 N–H and O–H groups in total. The van der Waals surface area contributed by atoms with Gasteiger partial charge in [0, 0.05) is 30.5 Å². The lowest BCUT2D eigenvalue weighted by Crippen LogP contribution is -2.45. The smallest absolute Gasteiger partial charge is 0.238 e. The largest absolute Gasteiger partial charge is 0.496 e. The van der Waals surface area contributed by atoms with Gasteiger partial charge in [0.2, 0.25) is 5.91 Å². The van der Waals surface area contributed by atoms with Crippen LogP contribution in [0.1, 0.15) is 31.2 Å². The number of amides is 1. The maximum absolute atomic E-state index is 12.4. The molecule has 2 aliphatic rings. The number of hydrogen-bond acceptors (Lipinski definition) is 8. The fraction of sp³-hybridized carbons (Fsp3) is 0.652. The number of methoxy groups -OCH3 is 3. The predicted octanol–water partition coefficient (Wildman–Crippen LogP) is 2.38. The molecule has 32 heavy (non-hydrogen) atoms. The molecule has 1 amide bonds. The van der Waals surface area contributed by atoms with E-state index in [1.165, 1.54) is 0 Å². The monoisotopic (exact) mass is 462 g/mol. The summed E-state index contributed by atoms with van der Waals surface area (Å²) >= 11 is 1.64. The molecule has 176 valence electrons. The fourth-order valence-corrected chi connectivity index (χ4v) is 5.46. The highest BCUT2D eigenvalue weighted by molar-refractivity contribution is 7.99. The molecule has 0 spiro atoms. The summed E-state index contributed by atoms with van der Waals surface area (Å²) in [7, 11) is 4.93. The number of carbonyl (C=O) groups is 1. The second kappa shape index (κ2) is 12.2. The minimum Gasteiger partial charge on any atom is -0.496 e. The van der Waals surface area contributed by atoms with Crippen molar-refractivity contribution in [1.29, 1.82) is 5.26 Å². The average molecular weight is 463 g/mol. The normalized spacial score (nSPS) is 22.9. The lowest BCUT2D eigenvalue weighted by atomic mass is 9.86. The molecule has 1 saturated heterocycles. The molecule has 9 heteroatoms. The summed E-state index contributed by atoms with van der Waals surface area (Å²) in [4.78, 5) is 14.1. The van der Waals surface area contributed by atoms with Crippen LogP contribution in [-0.4, -0.2) is 68.9 Å². The van der Waals surface area contributed by atoms with Crippen molar-refractivity contribution >= 4 is 17.7 Å². The molecule has 1 heterocycles. The summed E-state index contributed by atoms with van der Waals surface area (Å²) in [5, 5.41) is 16.1. The number of nitrogens with one attached hydrogen (secondary N) is 2. The van der Waals surface area contributed by atoms with Gasteiger partial charge in [-0.3, -0.25) is 4.79 Å². The molecule has 1 saturated carbocycles. The molecule has 1 atom stereocenters. The molecule has 3 rings (SSSR count). The Bertz CT molecular complexity index is 783. The quantitative estimate of drug-likeness (QED) is 0.547. The molecule has 0 bridgehead atoms. The Kier molecular flexibility index (Phi) is 9.33. The van der Waals surface area contributed by atoms with Crippen molar-refractivity contribution in [1.82, 2.24) is 15.5 Å². The summed E-state index contributed by atoms with van der Waals surface area (Å²) < 4.78 is 16.4. The zero-order valence-corrected chi connectivity index (χ0v) is 20.0. The first-order valence-corrected chi connectivity index (χ1v) is 12.2. The van der Waals surface area contributed by atoms with E-state index in [0.717, 1.165) is 49.3 Å². The summed E-state index contributed by atoms with van der Waals surface area (Å²) in [6.07, 6.45) is 4.36. The van der Waals surface area contributed by atoms with E-state index in [4.69, 9.17) is 19.5 Å². The second-order valence-corrected chi connectivity index (χ2v) is 9.25. The van der Waals surface area contributed by atoms with Gasteiger partial charge in [-0.1, -0.05) is 0 Å². The van der Waals surface area contributed by atoms with E-state index in [-0.39, 0.29) is 11.9 Å². The Morgan fingerprint density at radius 2 is 1.84 bits per heavy atom. The Morgan fingerprint density at radius 1 is 1.16 bits per heavy atom. The third kappa shape index (κ3) is 6.21. The Morgan fingerprint density at radius 3 is 2.44 bits per heavy atom. The first kappa shape index (κ1) is 24.5. The van der Waals surface area contributed by atoms with Crippen molar-refractivity contribution < 1.29 is 19.0 Å². The van der Waals surface area contributed by atoms with E-state index in [1.54, 1.807) is 38.0 Å². The number of thioether (sulfide) groups is 1. The Labute approximate surface area is 195 Å². The van der Waals surface area contributed by atoms with E-state index in [1.807, 2.05) is 12.1 Å². The van der Waals surface area contributed by atoms with Gasteiger partial charge >= 0.3 is 0 Å². The van der Waals surface area contributed by atoms with Crippen molar-refractivity contribution in [2.75, 3.05) is 46.0 Å². The van der Waals surface area contributed by atoms with Crippen molar-refractivity contribution in [3.8, 4) is 23.3 Å². The highest BCUT2D eigenvalue weighted by Gasteiger charge is 2.29. The minimum atomic E-state index is -0.279. The van der Waals surface area contributed by atoms with Crippen LogP contribution in [0.15, 0.2) is 12.1 Å². The summed E-state index contributed by atoms with van der Waals surface area (Å²) in [6.45, 7) is 1.92. The molecule has 0 aromatic heterocycles. The predicted molar refractivity (Wildman–Crippen MR) is 125 cm³/mol. The second-order valence-electron chi connectivity index (χ2n) is 8.25.